The van der Waals surface area contributed by atoms with Gasteiger partial charge in [0.05, 0.1) is 23.5 Å². The molecule has 5 nitrogen and oxygen atoms in total. The molecule has 2 aliphatic heterocycles. The van der Waals surface area contributed by atoms with Gasteiger partial charge in [0, 0.05) is 12.6 Å². The van der Waals surface area contributed by atoms with Crippen molar-refractivity contribution in [3.8, 4) is 0 Å². The molecule has 0 unspecified atom stereocenters. The SMILES string of the molecule is CCCCc1ccc(CC(=O)N[C@H]2CCO[C@@]3(CCS(=O)(=O)C3)C2)cc1. The molecule has 0 aliphatic carbocycles. The summed E-state index contributed by atoms with van der Waals surface area (Å²) in [5.41, 5.74) is 1.73. The first kappa shape index (κ1) is 19.4. The summed E-state index contributed by atoms with van der Waals surface area (Å²) in [5.74, 6) is 0.276. The van der Waals surface area contributed by atoms with Gasteiger partial charge in [0.15, 0.2) is 9.84 Å². The van der Waals surface area contributed by atoms with Crippen LogP contribution in [0.1, 0.15) is 50.2 Å². The number of rotatable bonds is 6. The van der Waals surface area contributed by atoms with Gasteiger partial charge in [0.25, 0.3) is 0 Å². The van der Waals surface area contributed by atoms with Crippen molar-refractivity contribution in [2.45, 2.75) is 63.5 Å². The van der Waals surface area contributed by atoms with Crippen LogP contribution in [0.5, 0.6) is 0 Å². The number of amides is 1. The molecule has 2 saturated heterocycles. The summed E-state index contributed by atoms with van der Waals surface area (Å²) in [6.07, 6.45) is 5.67. The molecule has 144 valence electrons. The van der Waals surface area contributed by atoms with Crippen LogP contribution in [0.15, 0.2) is 24.3 Å². The number of nitrogens with one attached hydrogen (secondary N) is 1. The monoisotopic (exact) mass is 379 g/mol. The Bertz CT molecular complexity index is 729. The highest BCUT2D eigenvalue weighted by atomic mass is 32.2. The highest BCUT2D eigenvalue weighted by Crippen LogP contribution is 2.35. The van der Waals surface area contributed by atoms with E-state index in [4.69, 9.17) is 4.74 Å². The topological polar surface area (TPSA) is 72.5 Å². The van der Waals surface area contributed by atoms with Crippen LogP contribution in [-0.4, -0.2) is 44.1 Å². The maximum atomic E-state index is 12.4. The van der Waals surface area contributed by atoms with Crippen LogP contribution in [0, 0.1) is 0 Å². The van der Waals surface area contributed by atoms with Crippen LogP contribution in [0.4, 0.5) is 0 Å². The zero-order valence-corrected chi connectivity index (χ0v) is 16.3. The molecule has 6 heteroatoms. The van der Waals surface area contributed by atoms with Gasteiger partial charge < -0.3 is 10.1 Å². The second-order valence-electron chi connectivity index (χ2n) is 7.73. The lowest BCUT2D eigenvalue weighted by molar-refractivity contribution is -0.123. The van der Waals surface area contributed by atoms with Crippen LogP contribution < -0.4 is 5.32 Å². The van der Waals surface area contributed by atoms with Crippen molar-refractivity contribution in [1.29, 1.82) is 0 Å². The van der Waals surface area contributed by atoms with E-state index in [1.54, 1.807) is 0 Å². The van der Waals surface area contributed by atoms with Crippen molar-refractivity contribution < 1.29 is 17.9 Å². The van der Waals surface area contributed by atoms with Crippen LogP contribution in [-0.2, 0) is 32.2 Å². The summed E-state index contributed by atoms with van der Waals surface area (Å²) < 4.78 is 29.4. The van der Waals surface area contributed by atoms with E-state index in [2.05, 4.69) is 24.4 Å². The number of ether oxygens (including phenoxy) is 1. The number of carbonyl (C=O) groups excluding carboxylic acids is 1. The van der Waals surface area contributed by atoms with Gasteiger partial charge >= 0.3 is 0 Å². The number of benzene rings is 1. The molecule has 0 aromatic heterocycles. The summed E-state index contributed by atoms with van der Waals surface area (Å²) in [7, 11) is -3.00. The fourth-order valence-electron chi connectivity index (χ4n) is 3.98. The normalized spacial score (nSPS) is 27.5. The van der Waals surface area contributed by atoms with Crippen LogP contribution in [0.25, 0.3) is 0 Å². The Morgan fingerprint density at radius 3 is 2.65 bits per heavy atom. The third kappa shape index (κ3) is 5.07. The van der Waals surface area contributed by atoms with E-state index in [1.807, 2.05) is 12.1 Å². The lowest BCUT2D eigenvalue weighted by Crippen LogP contribution is -2.49. The average Bonchev–Trinajstić information content (AvgIpc) is 2.88. The number of sulfone groups is 1. The highest BCUT2D eigenvalue weighted by molar-refractivity contribution is 7.91. The lowest BCUT2D eigenvalue weighted by atomic mass is 9.90. The molecule has 1 aromatic carbocycles. The van der Waals surface area contributed by atoms with Crippen molar-refractivity contribution in [2.24, 2.45) is 0 Å². The number of unbranched alkanes of at least 4 members (excludes halogenated alkanes) is 1. The van der Waals surface area contributed by atoms with Crippen LogP contribution >= 0.6 is 0 Å². The molecule has 2 heterocycles. The number of hydrogen-bond acceptors (Lipinski definition) is 4. The summed E-state index contributed by atoms with van der Waals surface area (Å²) >= 11 is 0. The van der Waals surface area contributed by atoms with Gasteiger partial charge in [-0.2, -0.15) is 0 Å². The maximum Gasteiger partial charge on any atom is 0.224 e. The van der Waals surface area contributed by atoms with E-state index in [0.29, 0.717) is 25.9 Å². The summed E-state index contributed by atoms with van der Waals surface area (Å²) in [6, 6.07) is 8.25. The molecule has 0 radical (unpaired) electrons. The van der Waals surface area contributed by atoms with Gasteiger partial charge in [0.1, 0.15) is 0 Å². The molecule has 2 aliphatic rings. The van der Waals surface area contributed by atoms with E-state index in [-0.39, 0.29) is 23.5 Å². The van der Waals surface area contributed by atoms with Crippen LogP contribution in [0.3, 0.4) is 0 Å². The lowest BCUT2D eigenvalue weighted by Gasteiger charge is -2.37. The zero-order chi connectivity index (χ0) is 18.6. The highest BCUT2D eigenvalue weighted by Gasteiger charge is 2.46. The Balaban J connectivity index is 1.51. The number of carbonyl (C=O) groups is 1. The summed E-state index contributed by atoms with van der Waals surface area (Å²) in [5, 5.41) is 3.08. The fraction of sp³-hybridized carbons (Fsp3) is 0.650. The first-order chi connectivity index (χ1) is 12.4. The number of aryl methyl sites for hydroxylation is 1. The zero-order valence-electron chi connectivity index (χ0n) is 15.5. The molecule has 2 atom stereocenters. The second kappa shape index (κ2) is 8.09. The minimum absolute atomic E-state index is 0.00536. The van der Waals surface area contributed by atoms with E-state index >= 15 is 0 Å². The van der Waals surface area contributed by atoms with Crippen molar-refractivity contribution in [3.05, 3.63) is 35.4 Å². The van der Waals surface area contributed by atoms with E-state index in [0.717, 1.165) is 18.4 Å². The van der Waals surface area contributed by atoms with Crippen molar-refractivity contribution in [2.75, 3.05) is 18.1 Å². The Morgan fingerprint density at radius 1 is 1.27 bits per heavy atom. The summed E-state index contributed by atoms with van der Waals surface area (Å²) in [6.45, 7) is 2.69. The minimum Gasteiger partial charge on any atom is -0.374 e. The predicted octanol–water partition coefficient (Wildman–Crippen LogP) is 2.42. The first-order valence-electron chi connectivity index (χ1n) is 9.61. The van der Waals surface area contributed by atoms with E-state index in [1.165, 1.54) is 18.4 Å². The number of hydrogen-bond donors (Lipinski definition) is 1. The van der Waals surface area contributed by atoms with Crippen molar-refractivity contribution in [3.63, 3.8) is 0 Å². The van der Waals surface area contributed by atoms with Gasteiger partial charge in [-0.3, -0.25) is 4.79 Å². The maximum absolute atomic E-state index is 12.4. The van der Waals surface area contributed by atoms with E-state index in [9.17, 15) is 13.2 Å². The van der Waals surface area contributed by atoms with Crippen molar-refractivity contribution >= 4 is 15.7 Å². The van der Waals surface area contributed by atoms with Gasteiger partial charge in [-0.1, -0.05) is 37.6 Å². The Hall–Kier alpha value is -1.40. The summed E-state index contributed by atoms with van der Waals surface area (Å²) in [4.78, 5) is 12.4. The quantitative estimate of drug-likeness (QED) is 0.824. The molecule has 2 fully saturated rings. The molecule has 26 heavy (non-hydrogen) atoms. The Labute approximate surface area is 156 Å². The molecule has 0 saturated carbocycles. The van der Waals surface area contributed by atoms with Gasteiger partial charge in [-0.05, 0) is 43.2 Å². The molecule has 1 spiro atoms. The third-order valence-electron chi connectivity index (χ3n) is 5.42. The smallest absolute Gasteiger partial charge is 0.224 e. The first-order valence-corrected chi connectivity index (χ1v) is 11.4. The standard InChI is InChI=1S/C20H29NO4S/c1-2-3-4-16-5-7-17(8-6-16)13-19(22)21-18-9-11-25-20(14-18)10-12-26(23,24)15-20/h5-8,18H,2-4,9-15H2,1H3,(H,21,22)/t18-,20-/m0/s1. The molecule has 3 rings (SSSR count). The van der Waals surface area contributed by atoms with E-state index < -0.39 is 15.4 Å². The fourth-order valence-corrected chi connectivity index (χ4v) is 5.96. The second-order valence-corrected chi connectivity index (χ2v) is 9.91. The Morgan fingerprint density at radius 2 is 2.00 bits per heavy atom. The molecule has 1 aromatic rings. The largest absolute Gasteiger partial charge is 0.374 e. The predicted molar refractivity (Wildman–Crippen MR) is 102 cm³/mol. The van der Waals surface area contributed by atoms with Crippen LogP contribution in [0.2, 0.25) is 0 Å². The molecular weight excluding hydrogens is 350 g/mol. The third-order valence-corrected chi connectivity index (χ3v) is 7.21. The molecular formula is C20H29NO4S. The average molecular weight is 380 g/mol. The van der Waals surface area contributed by atoms with Gasteiger partial charge in [-0.25, -0.2) is 8.42 Å². The Kier molecular flexibility index (Phi) is 6.03. The van der Waals surface area contributed by atoms with Crippen molar-refractivity contribution in [1.82, 2.24) is 5.32 Å². The molecule has 1 amide bonds. The molecule has 0 bridgehead atoms. The molecule has 1 N–H and O–H groups in total. The minimum atomic E-state index is -3.00. The van der Waals surface area contributed by atoms with Gasteiger partial charge in [0.2, 0.25) is 5.91 Å². The van der Waals surface area contributed by atoms with Gasteiger partial charge in [-0.15, -0.1) is 0 Å².